The lowest BCUT2D eigenvalue weighted by molar-refractivity contribution is 0.382. The quantitative estimate of drug-likeness (QED) is 0.394. The zero-order valence-electron chi connectivity index (χ0n) is 15.2. The average Bonchev–Trinajstić information content (AvgIpc) is 3.01. The van der Waals surface area contributed by atoms with Crippen molar-refractivity contribution in [3.63, 3.8) is 0 Å². The third kappa shape index (κ3) is 5.74. The van der Waals surface area contributed by atoms with E-state index in [0.717, 1.165) is 28.7 Å². The number of hydrogen-bond acceptors (Lipinski definition) is 5. The number of thiazole rings is 1. The molecule has 0 amide bonds. The molecule has 0 aliphatic carbocycles. The van der Waals surface area contributed by atoms with Gasteiger partial charge in [0.15, 0.2) is 5.96 Å². The molecule has 0 radical (unpaired) electrons. The van der Waals surface area contributed by atoms with Crippen LogP contribution in [0.25, 0.3) is 0 Å². The average molecular weight is 476 g/mol. The SMILES string of the molecule is CN=C(NCc1scnc1C)N(C)Cc1ccc(OC)cc1OC.I. The van der Waals surface area contributed by atoms with Gasteiger partial charge in [0.1, 0.15) is 11.5 Å². The first kappa shape index (κ1) is 21.5. The second kappa shape index (κ2) is 10.4. The molecule has 6 nitrogen and oxygen atoms in total. The molecule has 0 bridgehead atoms. The second-order valence-electron chi connectivity index (χ2n) is 5.30. The lowest BCUT2D eigenvalue weighted by Gasteiger charge is -2.23. The van der Waals surface area contributed by atoms with E-state index in [1.165, 1.54) is 4.88 Å². The summed E-state index contributed by atoms with van der Waals surface area (Å²) < 4.78 is 10.7. The van der Waals surface area contributed by atoms with Gasteiger partial charge in [-0.05, 0) is 19.1 Å². The number of guanidine groups is 1. The van der Waals surface area contributed by atoms with Gasteiger partial charge in [-0.15, -0.1) is 35.3 Å². The van der Waals surface area contributed by atoms with Gasteiger partial charge in [0.25, 0.3) is 0 Å². The van der Waals surface area contributed by atoms with Crippen molar-refractivity contribution in [2.45, 2.75) is 20.0 Å². The van der Waals surface area contributed by atoms with Crippen molar-refractivity contribution in [1.29, 1.82) is 0 Å². The molecule has 0 saturated heterocycles. The molecule has 138 valence electrons. The van der Waals surface area contributed by atoms with Crippen molar-refractivity contribution in [2.24, 2.45) is 4.99 Å². The Morgan fingerprint density at radius 3 is 2.64 bits per heavy atom. The molecule has 1 aromatic heterocycles. The number of halogens is 1. The van der Waals surface area contributed by atoms with Crippen LogP contribution in [0.5, 0.6) is 11.5 Å². The highest BCUT2D eigenvalue weighted by Gasteiger charge is 2.12. The van der Waals surface area contributed by atoms with Gasteiger partial charge < -0.3 is 19.7 Å². The van der Waals surface area contributed by atoms with Crippen LogP contribution in [0, 0.1) is 6.92 Å². The Bertz CT molecular complexity index is 706. The van der Waals surface area contributed by atoms with Gasteiger partial charge in [-0.1, -0.05) is 0 Å². The fourth-order valence-electron chi connectivity index (χ4n) is 2.35. The van der Waals surface area contributed by atoms with Crippen LogP contribution in [0.1, 0.15) is 16.1 Å². The fourth-order valence-corrected chi connectivity index (χ4v) is 3.07. The largest absolute Gasteiger partial charge is 0.497 e. The predicted molar refractivity (Wildman–Crippen MR) is 113 cm³/mol. The maximum Gasteiger partial charge on any atom is 0.193 e. The molecule has 0 aliphatic heterocycles. The van der Waals surface area contributed by atoms with Gasteiger partial charge in [-0.2, -0.15) is 0 Å². The Balaban J connectivity index is 0.00000312. The third-order valence-electron chi connectivity index (χ3n) is 3.73. The van der Waals surface area contributed by atoms with Crippen molar-refractivity contribution in [3.8, 4) is 11.5 Å². The summed E-state index contributed by atoms with van der Waals surface area (Å²) in [6, 6.07) is 5.83. The Hall–Kier alpha value is -1.55. The predicted octanol–water partition coefficient (Wildman–Crippen LogP) is 3.29. The summed E-state index contributed by atoms with van der Waals surface area (Å²) in [7, 11) is 7.09. The topological polar surface area (TPSA) is 59.0 Å². The molecule has 0 saturated carbocycles. The molecule has 1 N–H and O–H groups in total. The Morgan fingerprint density at radius 1 is 1.32 bits per heavy atom. The fraction of sp³-hybridized carbons (Fsp3) is 0.412. The zero-order valence-corrected chi connectivity index (χ0v) is 18.3. The van der Waals surface area contributed by atoms with Gasteiger partial charge >= 0.3 is 0 Å². The number of rotatable bonds is 6. The number of aliphatic imine (C=N–C) groups is 1. The number of benzene rings is 1. The van der Waals surface area contributed by atoms with Crippen LogP contribution in [0.3, 0.4) is 0 Å². The smallest absolute Gasteiger partial charge is 0.193 e. The summed E-state index contributed by atoms with van der Waals surface area (Å²) in [6.07, 6.45) is 0. The van der Waals surface area contributed by atoms with Crippen LogP contribution in [0.15, 0.2) is 28.7 Å². The molecule has 0 aliphatic rings. The summed E-state index contributed by atoms with van der Waals surface area (Å²) >= 11 is 1.65. The van der Waals surface area contributed by atoms with Crippen LogP contribution >= 0.6 is 35.3 Å². The van der Waals surface area contributed by atoms with Crippen molar-refractivity contribution in [3.05, 3.63) is 39.8 Å². The number of aryl methyl sites for hydroxylation is 1. The first-order valence-electron chi connectivity index (χ1n) is 7.60. The van der Waals surface area contributed by atoms with Gasteiger partial charge in [-0.25, -0.2) is 4.98 Å². The van der Waals surface area contributed by atoms with E-state index in [-0.39, 0.29) is 24.0 Å². The van der Waals surface area contributed by atoms with E-state index in [2.05, 4.69) is 20.2 Å². The first-order chi connectivity index (χ1) is 11.6. The van der Waals surface area contributed by atoms with Crippen LogP contribution in [-0.2, 0) is 13.1 Å². The van der Waals surface area contributed by atoms with E-state index >= 15 is 0 Å². The maximum absolute atomic E-state index is 5.46. The Kier molecular flexibility index (Phi) is 8.98. The Labute approximate surface area is 170 Å². The number of ether oxygens (including phenoxy) is 2. The molecule has 0 unspecified atom stereocenters. The van der Waals surface area contributed by atoms with Crippen LogP contribution in [0.2, 0.25) is 0 Å². The summed E-state index contributed by atoms with van der Waals surface area (Å²) in [6.45, 7) is 3.41. The highest BCUT2D eigenvalue weighted by atomic mass is 127. The molecular formula is C17H25IN4O2S. The van der Waals surface area contributed by atoms with Gasteiger partial charge in [0, 0.05) is 37.1 Å². The molecule has 25 heavy (non-hydrogen) atoms. The number of nitrogens with zero attached hydrogens (tertiary/aromatic N) is 3. The number of aromatic nitrogens is 1. The second-order valence-corrected chi connectivity index (χ2v) is 6.23. The van der Waals surface area contributed by atoms with Crippen molar-refractivity contribution in [2.75, 3.05) is 28.3 Å². The monoisotopic (exact) mass is 476 g/mol. The number of nitrogens with one attached hydrogen (secondary N) is 1. The van der Waals surface area contributed by atoms with Gasteiger partial charge in [-0.3, -0.25) is 4.99 Å². The molecular weight excluding hydrogens is 451 g/mol. The van der Waals surface area contributed by atoms with E-state index in [4.69, 9.17) is 9.47 Å². The normalized spacial score (nSPS) is 10.8. The van der Waals surface area contributed by atoms with E-state index in [0.29, 0.717) is 13.1 Å². The van der Waals surface area contributed by atoms with E-state index in [1.807, 2.05) is 37.7 Å². The first-order valence-corrected chi connectivity index (χ1v) is 8.48. The van der Waals surface area contributed by atoms with Gasteiger partial charge in [0.05, 0.1) is 32.0 Å². The van der Waals surface area contributed by atoms with Crippen molar-refractivity contribution < 1.29 is 9.47 Å². The summed E-state index contributed by atoms with van der Waals surface area (Å²) in [5.41, 5.74) is 3.99. The molecule has 8 heteroatoms. The molecule has 0 fully saturated rings. The third-order valence-corrected chi connectivity index (χ3v) is 4.66. The minimum atomic E-state index is 0. The molecule has 2 aromatic rings. The van der Waals surface area contributed by atoms with Crippen LogP contribution < -0.4 is 14.8 Å². The van der Waals surface area contributed by atoms with Crippen LogP contribution in [0.4, 0.5) is 0 Å². The van der Waals surface area contributed by atoms with Crippen molar-refractivity contribution >= 4 is 41.3 Å². The van der Waals surface area contributed by atoms with E-state index < -0.39 is 0 Å². The molecule has 0 atom stereocenters. The molecule has 1 heterocycles. The highest BCUT2D eigenvalue weighted by molar-refractivity contribution is 14.0. The lowest BCUT2D eigenvalue weighted by atomic mass is 10.2. The highest BCUT2D eigenvalue weighted by Crippen LogP contribution is 2.25. The summed E-state index contributed by atoms with van der Waals surface area (Å²) in [4.78, 5) is 11.9. The van der Waals surface area contributed by atoms with Gasteiger partial charge in [0.2, 0.25) is 0 Å². The zero-order chi connectivity index (χ0) is 17.5. The van der Waals surface area contributed by atoms with E-state index in [9.17, 15) is 0 Å². The minimum Gasteiger partial charge on any atom is -0.497 e. The lowest BCUT2D eigenvalue weighted by Crippen LogP contribution is -2.38. The summed E-state index contributed by atoms with van der Waals surface area (Å²) in [5, 5.41) is 3.37. The Morgan fingerprint density at radius 2 is 2.08 bits per heavy atom. The molecule has 2 rings (SSSR count). The minimum absolute atomic E-state index is 0. The number of hydrogen-bond donors (Lipinski definition) is 1. The van der Waals surface area contributed by atoms with E-state index in [1.54, 1.807) is 32.6 Å². The molecule has 1 aromatic carbocycles. The van der Waals surface area contributed by atoms with Crippen LogP contribution in [-0.4, -0.2) is 44.2 Å². The number of methoxy groups -OCH3 is 2. The standard InChI is InChI=1S/C17H24N4O2S.HI/c1-12-16(24-11-20-12)9-19-17(18-2)21(3)10-13-6-7-14(22-4)8-15(13)23-5;/h6-8,11H,9-10H2,1-5H3,(H,18,19);1H. The maximum atomic E-state index is 5.46. The molecule has 0 spiro atoms. The van der Waals surface area contributed by atoms with Crippen molar-refractivity contribution in [1.82, 2.24) is 15.2 Å². The summed E-state index contributed by atoms with van der Waals surface area (Å²) in [5.74, 6) is 2.40.